The molecule has 0 aliphatic heterocycles. The monoisotopic (exact) mass is 446 g/mol. The average Bonchev–Trinajstić information content (AvgIpc) is 2.75. The van der Waals surface area contributed by atoms with Crippen molar-refractivity contribution < 1.29 is 28.5 Å². The molecule has 0 heterocycles. The van der Waals surface area contributed by atoms with E-state index in [2.05, 4.69) is 11.4 Å². The maximum absolute atomic E-state index is 11.8. The summed E-state index contributed by atoms with van der Waals surface area (Å²) in [7, 11) is 1.45. The van der Waals surface area contributed by atoms with Crippen LogP contribution in [0.5, 0.6) is 11.5 Å². The van der Waals surface area contributed by atoms with Gasteiger partial charge in [-0.05, 0) is 37.3 Å². The molecule has 31 heavy (non-hydrogen) atoms. The molecule has 0 saturated heterocycles. The highest BCUT2D eigenvalue weighted by Gasteiger charge is 2.23. The van der Waals surface area contributed by atoms with Gasteiger partial charge in [0.15, 0.2) is 18.1 Å². The van der Waals surface area contributed by atoms with Crippen LogP contribution in [0.4, 0.5) is 5.69 Å². The van der Waals surface area contributed by atoms with E-state index in [1.54, 1.807) is 43.3 Å². The molecule has 164 valence electrons. The second-order valence-electron chi connectivity index (χ2n) is 6.31. The van der Waals surface area contributed by atoms with Crippen LogP contribution in [0.15, 0.2) is 36.4 Å². The lowest BCUT2D eigenvalue weighted by molar-refractivity contribution is -0.145. The molecule has 0 radical (unpaired) electrons. The molecule has 0 saturated carbocycles. The second-order valence-corrected chi connectivity index (χ2v) is 6.75. The van der Waals surface area contributed by atoms with Crippen LogP contribution in [0, 0.1) is 11.3 Å². The Kier molecular flexibility index (Phi) is 8.97. The number of hydrogen-bond acceptors (Lipinski definition) is 8. The average molecular weight is 447 g/mol. The maximum atomic E-state index is 11.8. The smallest absolute Gasteiger partial charge is 0.344 e. The van der Waals surface area contributed by atoms with Gasteiger partial charge in [-0.25, -0.2) is 4.79 Å². The van der Waals surface area contributed by atoms with E-state index >= 15 is 0 Å². The van der Waals surface area contributed by atoms with Gasteiger partial charge in [-0.3, -0.25) is 4.79 Å². The summed E-state index contributed by atoms with van der Waals surface area (Å²) >= 11 is 6.26. The molecule has 2 aromatic rings. The number of ether oxygens (including phenoxy) is 4. The summed E-state index contributed by atoms with van der Waals surface area (Å²) in [6, 6.07) is 11.4. The number of nitrogens with zero attached hydrogens (tertiary/aromatic N) is 1. The van der Waals surface area contributed by atoms with Crippen LogP contribution >= 0.6 is 11.6 Å². The molecule has 0 bridgehead atoms. The molecule has 0 aliphatic carbocycles. The maximum Gasteiger partial charge on any atom is 0.344 e. The van der Waals surface area contributed by atoms with E-state index in [1.165, 1.54) is 14.0 Å². The molecule has 0 fully saturated rings. The minimum absolute atomic E-state index is 0.0470. The standard InChI is InChI=1S/C22H23ClN2O6/c1-4-29-21(27)13-31-22-18(9-16(23)10-20(22)28-3)19(12-30-14(2)26)25-17-7-5-15(11-24)6-8-17/h5-10,19,25H,4,12-13H2,1-3H3. The number of halogens is 1. The third kappa shape index (κ3) is 7.08. The molecule has 1 N–H and O–H groups in total. The molecular weight excluding hydrogens is 424 g/mol. The summed E-state index contributed by atoms with van der Waals surface area (Å²) in [5.41, 5.74) is 1.69. The molecule has 1 atom stereocenters. The minimum Gasteiger partial charge on any atom is -0.493 e. The van der Waals surface area contributed by atoms with Crippen molar-refractivity contribution in [3.8, 4) is 17.6 Å². The van der Waals surface area contributed by atoms with Crippen LogP contribution in [-0.4, -0.2) is 38.9 Å². The van der Waals surface area contributed by atoms with E-state index in [0.29, 0.717) is 27.6 Å². The van der Waals surface area contributed by atoms with E-state index in [-0.39, 0.29) is 25.6 Å². The highest BCUT2D eigenvalue weighted by atomic mass is 35.5. The lowest BCUT2D eigenvalue weighted by Gasteiger charge is -2.24. The summed E-state index contributed by atoms with van der Waals surface area (Å²) in [6.45, 7) is 2.84. The third-order valence-electron chi connectivity index (χ3n) is 4.09. The molecule has 0 aliphatic rings. The van der Waals surface area contributed by atoms with Crippen LogP contribution in [0.1, 0.15) is 31.0 Å². The van der Waals surface area contributed by atoms with Gasteiger partial charge in [-0.2, -0.15) is 5.26 Å². The minimum atomic E-state index is -0.596. The topological polar surface area (TPSA) is 107 Å². The van der Waals surface area contributed by atoms with Crippen LogP contribution in [0.2, 0.25) is 5.02 Å². The number of benzene rings is 2. The number of esters is 2. The largest absolute Gasteiger partial charge is 0.493 e. The molecule has 9 heteroatoms. The van der Waals surface area contributed by atoms with E-state index in [4.69, 9.17) is 35.8 Å². The molecule has 1 unspecified atom stereocenters. The van der Waals surface area contributed by atoms with Crippen molar-refractivity contribution in [1.82, 2.24) is 0 Å². The molecule has 2 aromatic carbocycles. The fraction of sp³-hybridized carbons (Fsp3) is 0.318. The first-order valence-corrected chi connectivity index (χ1v) is 9.81. The summed E-state index contributed by atoms with van der Waals surface area (Å²) < 4.78 is 21.2. The first-order chi connectivity index (χ1) is 14.9. The first kappa shape index (κ1) is 23.8. The van der Waals surface area contributed by atoms with Gasteiger partial charge in [0, 0.05) is 29.3 Å². The number of nitrogens with one attached hydrogen (secondary N) is 1. The quantitative estimate of drug-likeness (QED) is 0.548. The first-order valence-electron chi connectivity index (χ1n) is 9.43. The molecule has 0 amide bonds. The Hall–Kier alpha value is -3.44. The fourth-order valence-corrected chi connectivity index (χ4v) is 2.96. The Bertz CT molecular complexity index is 956. The molecular formula is C22H23ClN2O6. The molecule has 0 spiro atoms. The predicted molar refractivity (Wildman–Crippen MR) is 114 cm³/mol. The van der Waals surface area contributed by atoms with Crippen molar-refractivity contribution in [2.24, 2.45) is 0 Å². The summed E-state index contributed by atoms with van der Waals surface area (Å²) in [4.78, 5) is 23.3. The SMILES string of the molecule is CCOC(=O)COc1c(OC)cc(Cl)cc1C(COC(C)=O)Nc1ccc(C#N)cc1. The van der Waals surface area contributed by atoms with E-state index in [9.17, 15) is 9.59 Å². The number of rotatable bonds is 10. The van der Waals surface area contributed by atoms with Crippen LogP contribution in [-0.2, 0) is 19.1 Å². The van der Waals surface area contributed by atoms with E-state index in [1.807, 2.05) is 0 Å². The number of nitriles is 1. The summed E-state index contributed by atoms with van der Waals surface area (Å²) in [5, 5.41) is 12.6. The molecule has 2 rings (SSSR count). The molecule has 8 nitrogen and oxygen atoms in total. The van der Waals surface area contributed by atoms with E-state index in [0.717, 1.165) is 0 Å². The lowest BCUT2D eigenvalue weighted by Crippen LogP contribution is -2.21. The number of hydrogen-bond donors (Lipinski definition) is 1. The predicted octanol–water partition coefficient (Wildman–Crippen LogP) is 3.88. The Morgan fingerprint density at radius 1 is 1.19 bits per heavy atom. The second kappa shape index (κ2) is 11.7. The van der Waals surface area contributed by atoms with Crippen LogP contribution < -0.4 is 14.8 Å². The zero-order valence-electron chi connectivity index (χ0n) is 17.4. The van der Waals surface area contributed by atoms with Crippen LogP contribution in [0.25, 0.3) is 0 Å². The zero-order valence-corrected chi connectivity index (χ0v) is 18.2. The van der Waals surface area contributed by atoms with Crippen molar-refractivity contribution in [2.45, 2.75) is 19.9 Å². The third-order valence-corrected chi connectivity index (χ3v) is 4.31. The number of methoxy groups -OCH3 is 1. The molecule has 0 aromatic heterocycles. The van der Waals surface area contributed by atoms with Gasteiger partial charge in [-0.15, -0.1) is 0 Å². The van der Waals surface area contributed by atoms with Gasteiger partial charge < -0.3 is 24.3 Å². The Labute approximate surface area is 185 Å². The summed E-state index contributed by atoms with van der Waals surface area (Å²) in [6.07, 6.45) is 0. The van der Waals surface area contributed by atoms with Gasteiger partial charge >= 0.3 is 11.9 Å². The van der Waals surface area contributed by atoms with Gasteiger partial charge in [-0.1, -0.05) is 11.6 Å². The van der Waals surface area contributed by atoms with Crippen molar-refractivity contribution in [2.75, 3.05) is 32.2 Å². The Morgan fingerprint density at radius 3 is 2.48 bits per heavy atom. The van der Waals surface area contributed by atoms with Crippen LogP contribution in [0.3, 0.4) is 0 Å². The highest BCUT2D eigenvalue weighted by molar-refractivity contribution is 6.30. The lowest BCUT2D eigenvalue weighted by atomic mass is 10.0. The van der Waals surface area contributed by atoms with E-state index < -0.39 is 18.0 Å². The number of carbonyl (C=O) groups is 2. The van der Waals surface area contributed by atoms with Crippen molar-refractivity contribution in [3.63, 3.8) is 0 Å². The van der Waals surface area contributed by atoms with Crippen molar-refractivity contribution in [1.29, 1.82) is 5.26 Å². The normalized spacial score (nSPS) is 11.1. The van der Waals surface area contributed by atoms with Crippen molar-refractivity contribution >= 4 is 29.2 Å². The van der Waals surface area contributed by atoms with Gasteiger partial charge in [0.2, 0.25) is 0 Å². The van der Waals surface area contributed by atoms with Gasteiger partial charge in [0.1, 0.15) is 6.61 Å². The Morgan fingerprint density at radius 2 is 1.90 bits per heavy atom. The summed E-state index contributed by atoms with van der Waals surface area (Å²) in [5.74, 6) is -0.434. The fourth-order valence-electron chi connectivity index (χ4n) is 2.74. The number of anilines is 1. The number of carbonyl (C=O) groups excluding carboxylic acids is 2. The van der Waals surface area contributed by atoms with Gasteiger partial charge in [0.25, 0.3) is 0 Å². The van der Waals surface area contributed by atoms with Crippen molar-refractivity contribution in [3.05, 3.63) is 52.5 Å². The highest BCUT2D eigenvalue weighted by Crippen LogP contribution is 2.39. The Balaban J connectivity index is 2.43. The zero-order chi connectivity index (χ0) is 22.8. The van der Waals surface area contributed by atoms with Gasteiger partial charge in [0.05, 0.1) is 31.4 Å².